The van der Waals surface area contributed by atoms with Gasteiger partial charge in [-0.3, -0.25) is 4.79 Å². The van der Waals surface area contributed by atoms with Gasteiger partial charge in [-0.25, -0.2) is 14.9 Å². The third-order valence-electron chi connectivity index (χ3n) is 4.83. The highest BCUT2D eigenvalue weighted by Gasteiger charge is 2.37. The van der Waals surface area contributed by atoms with Crippen LogP contribution in [0.15, 0.2) is 29.3 Å². The summed E-state index contributed by atoms with van der Waals surface area (Å²) in [4.78, 5) is 29.7. The number of amides is 1. The Labute approximate surface area is 198 Å². The van der Waals surface area contributed by atoms with Crippen LogP contribution in [-0.4, -0.2) is 65.0 Å². The van der Waals surface area contributed by atoms with Gasteiger partial charge in [-0.15, -0.1) is 0 Å². The van der Waals surface area contributed by atoms with E-state index in [0.717, 1.165) is 12.4 Å². The molecule has 3 heterocycles. The Balaban J connectivity index is 1.45. The van der Waals surface area contributed by atoms with Gasteiger partial charge in [0.2, 0.25) is 0 Å². The zero-order chi connectivity index (χ0) is 25.8. The molecule has 35 heavy (non-hydrogen) atoms. The van der Waals surface area contributed by atoms with E-state index in [1.165, 1.54) is 24.0 Å². The fourth-order valence-corrected chi connectivity index (χ4v) is 4.01. The summed E-state index contributed by atoms with van der Waals surface area (Å²) in [6.07, 6.45) is -5.46. The molecule has 1 atom stereocenters. The Kier molecular flexibility index (Phi) is 7.92. The fourth-order valence-electron chi connectivity index (χ4n) is 3.18. The molecule has 192 valence electrons. The van der Waals surface area contributed by atoms with Gasteiger partial charge in [-0.1, -0.05) is 17.4 Å². The van der Waals surface area contributed by atoms with Gasteiger partial charge in [0.25, 0.3) is 5.56 Å². The topological polar surface area (TPSA) is 103 Å². The first kappa shape index (κ1) is 26.3. The molecule has 2 aromatic heterocycles. The highest BCUT2D eigenvalue weighted by atomic mass is 32.1. The number of anilines is 2. The molecule has 2 aromatic rings. The molecular formula is C19H20F6N6O3S. The molecule has 0 aromatic carbocycles. The lowest BCUT2D eigenvalue weighted by Crippen LogP contribution is -2.49. The van der Waals surface area contributed by atoms with Gasteiger partial charge in [-0.2, -0.15) is 31.4 Å². The minimum Gasteiger partial charge on any atom is -0.445 e. The van der Waals surface area contributed by atoms with Gasteiger partial charge in [0.05, 0.1) is 18.1 Å². The molecule has 2 N–H and O–H groups in total. The van der Waals surface area contributed by atoms with Crippen molar-refractivity contribution in [2.75, 3.05) is 43.0 Å². The van der Waals surface area contributed by atoms with Crippen molar-refractivity contribution in [2.45, 2.75) is 25.3 Å². The van der Waals surface area contributed by atoms with Gasteiger partial charge >= 0.3 is 18.4 Å². The van der Waals surface area contributed by atoms with E-state index in [1.54, 1.807) is 10.00 Å². The van der Waals surface area contributed by atoms with E-state index in [0.29, 0.717) is 11.3 Å². The quantitative estimate of drug-likeness (QED) is 0.438. The average molecular weight is 526 g/mol. The highest BCUT2D eigenvalue weighted by molar-refractivity contribution is 7.15. The summed E-state index contributed by atoms with van der Waals surface area (Å²) in [6.45, 7) is 2.37. The summed E-state index contributed by atoms with van der Waals surface area (Å²) in [7, 11) is 0. The predicted molar refractivity (Wildman–Crippen MR) is 114 cm³/mol. The lowest BCUT2D eigenvalue weighted by atomic mass is 10.2. The molecule has 16 heteroatoms. The van der Waals surface area contributed by atoms with Gasteiger partial charge < -0.3 is 19.9 Å². The second-order valence-electron chi connectivity index (χ2n) is 7.40. The van der Waals surface area contributed by atoms with E-state index in [4.69, 9.17) is 4.74 Å². The van der Waals surface area contributed by atoms with Crippen LogP contribution < -0.4 is 15.8 Å². The molecule has 1 saturated heterocycles. The van der Waals surface area contributed by atoms with Crippen LogP contribution in [0.1, 0.15) is 17.4 Å². The van der Waals surface area contributed by atoms with E-state index in [9.17, 15) is 35.9 Å². The molecule has 1 fully saturated rings. The lowest BCUT2D eigenvalue weighted by Gasteiger charge is -2.33. The van der Waals surface area contributed by atoms with Crippen LogP contribution in [0.5, 0.6) is 0 Å². The second-order valence-corrected chi connectivity index (χ2v) is 8.41. The SMILES string of the molecule is CC(/C=C/COC(=O)N1CCN(c2ncc(C(F)(F)F)s2)CC1)Nc1cn[nH]c(=O)c1C(F)(F)F. The molecule has 0 spiro atoms. The molecule has 0 bridgehead atoms. The number of halogens is 6. The van der Waals surface area contributed by atoms with Crippen LogP contribution in [0.2, 0.25) is 0 Å². The lowest BCUT2D eigenvalue weighted by molar-refractivity contribution is -0.138. The minimum absolute atomic E-state index is 0.160. The van der Waals surface area contributed by atoms with E-state index >= 15 is 0 Å². The number of rotatable bonds is 6. The number of aromatic nitrogens is 3. The van der Waals surface area contributed by atoms with Gasteiger partial charge in [-0.05, 0) is 13.0 Å². The van der Waals surface area contributed by atoms with E-state index in [-0.39, 0.29) is 37.9 Å². The summed E-state index contributed by atoms with van der Waals surface area (Å²) in [5, 5.41) is 7.84. The van der Waals surface area contributed by atoms with Crippen molar-refractivity contribution in [1.29, 1.82) is 0 Å². The molecule has 1 aliphatic heterocycles. The summed E-state index contributed by atoms with van der Waals surface area (Å²) in [6, 6.07) is -0.651. The molecule has 1 unspecified atom stereocenters. The van der Waals surface area contributed by atoms with Crippen molar-refractivity contribution in [3.63, 3.8) is 0 Å². The monoisotopic (exact) mass is 526 g/mol. The van der Waals surface area contributed by atoms with Crippen LogP contribution in [-0.2, 0) is 17.1 Å². The van der Waals surface area contributed by atoms with Crippen molar-refractivity contribution in [2.24, 2.45) is 0 Å². The van der Waals surface area contributed by atoms with Crippen LogP contribution in [0.4, 0.5) is 42.0 Å². The maximum atomic E-state index is 13.1. The normalized spacial score (nSPS) is 16.0. The van der Waals surface area contributed by atoms with Crippen molar-refractivity contribution < 1.29 is 35.9 Å². The Morgan fingerprint density at radius 2 is 1.89 bits per heavy atom. The number of hydrogen-bond acceptors (Lipinski definition) is 8. The molecule has 0 radical (unpaired) electrons. The Hall–Kier alpha value is -3.30. The maximum Gasteiger partial charge on any atom is 0.427 e. The average Bonchev–Trinajstić information content (AvgIpc) is 3.27. The predicted octanol–water partition coefficient (Wildman–Crippen LogP) is 3.58. The minimum atomic E-state index is -4.87. The Morgan fingerprint density at radius 3 is 2.49 bits per heavy atom. The molecule has 3 rings (SSSR count). The number of nitrogens with zero attached hydrogens (tertiary/aromatic N) is 4. The number of aromatic amines is 1. The number of H-pyrrole nitrogens is 1. The Bertz CT molecular complexity index is 1110. The summed E-state index contributed by atoms with van der Waals surface area (Å²) < 4.78 is 82.6. The van der Waals surface area contributed by atoms with Gasteiger partial charge in [0.15, 0.2) is 5.13 Å². The van der Waals surface area contributed by atoms with Crippen LogP contribution in [0.25, 0.3) is 0 Å². The molecule has 1 aliphatic rings. The number of piperazine rings is 1. The Morgan fingerprint density at radius 1 is 1.20 bits per heavy atom. The van der Waals surface area contributed by atoms with Crippen LogP contribution in [0.3, 0.4) is 0 Å². The first-order valence-electron chi connectivity index (χ1n) is 10.1. The van der Waals surface area contributed by atoms with Crippen molar-refractivity contribution in [3.05, 3.63) is 45.3 Å². The molecule has 0 aliphatic carbocycles. The second kappa shape index (κ2) is 10.5. The zero-order valence-corrected chi connectivity index (χ0v) is 18.9. The molecule has 9 nitrogen and oxygen atoms in total. The number of ether oxygens (including phenoxy) is 1. The number of carbonyl (C=O) groups is 1. The van der Waals surface area contributed by atoms with Crippen molar-refractivity contribution in [3.8, 4) is 0 Å². The number of carbonyl (C=O) groups excluding carboxylic acids is 1. The molecule has 0 saturated carbocycles. The molecule has 1 amide bonds. The highest BCUT2D eigenvalue weighted by Crippen LogP contribution is 2.36. The number of thiazole rings is 1. The number of hydrogen-bond donors (Lipinski definition) is 2. The number of nitrogens with one attached hydrogen (secondary N) is 2. The summed E-state index contributed by atoms with van der Waals surface area (Å²) in [5.74, 6) is 0. The summed E-state index contributed by atoms with van der Waals surface area (Å²) >= 11 is 0.534. The standard InChI is InChI=1S/C19H20F6N6O3S/c1-11(28-12-9-27-29-15(32)14(12)19(23,24)25)3-2-8-34-17(33)31-6-4-30(5-7-31)16-26-10-13(35-16)18(20,21)22/h2-3,9-11H,4-8H2,1H3,(H2,28,29,32)/b3-2+. The maximum absolute atomic E-state index is 13.1. The van der Waals surface area contributed by atoms with Gasteiger partial charge in [0, 0.05) is 32.2 Å². The third-order valence-corrected chi connectivity index (χ3v) is 5.93. The van der Waals surface area contributed by atoms with E-state index in [1.807, 2.05) is 0 Å². The molecular weight excluding hydrogens is 506 g/mol. The van der Waals surface area contributed by atoms with Crippen LogP contribution in [0, 0.1) is 0 Å². The van der Waals surface area contributed by atoms with E-state index < -0.39 is 46.2 Å². The fraction of sp³-hybridized carbons (Fsp3) is 0.474. The smallest absolute Gasteiger partial charge is 0.427 e. The van der Waals surface area contributed by atoms with Crippen LogP contribution >= 0.6 is 11.3 Å². The van der Waals surface area contributed by atoms with E-state index in [2.05, 4.69) is 15.4 Å². The van der Waals surface area contributed by atoms with Crippen molar-refractivity contribution in [1.82, 2.24) is 20.1 Å². The summed E-state index contributed by atoms with van der Waals surface area (Å²) in [5.41, 5.74) is -3.26. The van der Waals surface area contributed by atoms with Gasteiger partial charge in [0.1, 0.15) is 17.0 Å². The first-order chi connectivity index (χ1) is 16.4. The zero-order valence-electron chi connectivity index (χ0n) is 18.1. The first-order valence-corrected chi connectivity index (χ1v) is 11.0. The third kappa shape index (κ3) is 6.86. The number of alkyl halides is 6. The van der Waals surface area contributed by atoms with Crippen molar-refractivity contribution >= 4 is 28.2 Å². The largest absolute Gasteiger partial charge is 0.445 e.